The first-order valence-corrected chi connectivity index (χ1v) is 7.84. The number of benzene rings is 1. The summed E-state index contributed by atoms with van der Waals surface area (Å²) < 4.78 is 16.8. The zero-order valence-corrected chi connectivity index (χ0v) is 13.8. The van der Waals surface area contributed by atoms with Gasteiger partial charge in [0, 0.05) is 11.3 Å². The molecule has 0 saturated carbocycles. The van der Waals surface area contributed by atoms with Crippen molar-refractivity contribution < 1.29 is 13.7 Å². The Kier molecular flexibility index (Phi) is 4.23. The molecule has 1 unspecified atom stereocenters. The molecule has 1 N–H and O–H groups in total. The minimum Gasteiger partial charge on any atom is -0.490 e. The summed E-state index contributed by atoms with van der Waals surface area (Å²) in [6.45, 7) is 8.58. The van der Waals surface area contributed by atoms with Crippen LogP contribution in [0.1, 0.15) is 51.2 Å². The lowest BCUT2D eigenvalue weighted by Crippen LogP contribution is -2.05. The van der Waals surface area contributed by atoms with Crippen LogP contribution in [0.4, 0.5) is 6.01 Å². The fourth-order valence-electron chi connectivity index (χ4n) is 2.32. The van der Waals surface area contributed by atoms with E-state index in [2.05, 4.69) is 15.5 Å². The number of nitrogens with one attached hydrogen (secondary N) is 1. The predicted octanol–water partition coefficient (Wildman–Crippen LogP) is 4.51. The van der Waals surface area contributed by atoms with Gasteiger partial charge in [0.25, 0.3) is 0 Å². The van der Waals surface area contributed by atoms with Gasteiger partial charge < -0.3 is 19.0 Å². The molecule has 0 radical (unpaired) electrons. The monoisotopic (exact) mass is 315 g/mol. The number of anilines is 1. The summed E-state index contributed by atoms with van der Waals surface area (Å²) in [7, 11) is 0. The van der Waals surface area contributed by atoms with Gasteiger partial charge in [-0.25, -0.2) is 0 Å². The largest absolute Gasteiger partial charge is 0.490 e. The molecule has 2 aromatic heterocycles. The Morgan fingerprint density at radius 1 is 1.26 bits per heavy atom. The van der Waals surface area contributed by atoms with Crippen LogP contribution in [0.5, 0.6) is 5.75 Å². The first-order chi connectivity index (χ1) is 11.1. The average molecular weight is 315 g/mol. The number of rotatable bonds is 6. The molecule has 122 valence electrons. The molecule has 2 heterocycles. The Bertz CT molecular complexity index is 791. The molecule has 6 heteroatoms. The third kappa shape index (κ3) is 3.16. The van der Waals surface area contributed by atoms with E-state index in [-0.39, 0.29) is 12.0 Å². The number of ether oxygens (including phenoxy) is 1. The highest BCUT2D eigenvalue weighted by Gasteiger charge is 2.17. The molecule has 1 aromatic carbocycles. The highest BCUT2D eigenvalue weighted by Crippen LogP contribution is 2.32. The molecule has 0 spiro atoms. The molecular formula is C17H21N3O3. The van der Waals surface area contributed by atoms with E-state index in [1.807, 2.05) is 52.0 Å². The summed E-state index contributed by atoms with van der Waals surface area (Å²) >= 11 is 0. The van der Waals surface area contributed by atoms with Crippen molar-refractivity contribution in [1.82, 2.24) is 10.1 Å². The first-order valence-electron chi connectivity index (χ1n) is 7.84. The molecule has 0 bridgehead atoms. The molecule has 3 rings (SSSR count). The van der Waals surface area contributed by atoms with Crippen molar-refractivity contribution in [2.45, 2.75) is 39.7 Å². The standard InChI is InChI=1S/C17H21N3O3/c1-5-21-13-8-6-7-12-9-14(22-15(12)13)11(4)18-17-19-16(10(2)3)20-23-17/h6-11H,5H2,1-4H3,(H,18,19,20). The second kappa shape index (κ2) is 6.32. The lowest BCUT2D eigenvalue weighted by Gasteiger charge is -2.08. The van der Waals surface area contributed by atoms with E-state index in [4.69, 9.17) is 13.7 Å². The van der Waals surface area contributed by atoms with E-state index in [1.54, 1.807) is 0 Å². The number of hydrogen-bond acceptors (Lipinski definition) is 6. The van der Waals surface area contributed by atoms with Crippen LogP contribution >= 0.6 is 0 Å². The van der Waals surface area contributed by atoms with Gasteiger partial charge in [0.15, 0.2) is 17.2 Å². The zero-order chi connectivity index (χ0) is 16.4. The predicted molar refractivity (Wildman–Crippen MR) is 87.8 cm³/mol. The van der Waals surface area contributed by atoms with Gasteiger partial charge in [-0.2, -0.15) is 4.98 Å². The van der Waals surface area contributed by atoms with Crippen molar-refractivity contribution in [3.8, 4) is 5.75 Å². The molecule has 0 aliphatic rings. The smallest absolute Gasteiger partial charge is 0.322 e. The van der Waals surface area contributed by atoms with Crippen molar-refractivity contribution in [2.75, 3.05) is 11.9 Å². The van der Waals surface area contributed by atoms with Crippen LogP contribution in [0.25, 0.3) is 11.0 Å². The molecule has 0 aliphatic heterocycles. The Labute approximate surface area is 134 Å². The average Bonchev–Trinajstić information content (AvgIpc) is 3.14. The second-order valence-electron chi connectivity index (χ2n) is 5.73. The van der Waals surface area contributed by atoms with Crippen molar-refractivity contribution in [1.29, 1.82) is 0 Å². The highest BCUT2D eigenvalue weighted by atomic mass is 16.5. The highest BCUT2D eigenvalue weighted by molar-refractivity contribution is 5.83. The SMILES string of the molecule is CCOc1cccc2cc(C(C)Nc3nc(C(C)C)no3)oc12. The van der Waals surface area contributed by atoms with Crippen LogP contribution < -0.4 is 10.1 Å². The van der Waals surface area contributed by atoms with Crippen LogP contribution in [0.15, 0.2) is 33.2 Å². The molecule has 0 aliphatic carbocycles. The molecule has 3 aromatic rings. The van der Waals surface area contributed by atoms with Gasteiger partial charge in [-0.3, -0.25) is 0 Å². The number of furan rings is 1. The number of aromatic nitrogens is 2. The maximum absolute atomic E-state index is 5.96. The van der Waals surface area contributed by atoms with Gasteiger partial charge in [0.2, 0.25) is 0 Å². The molecule has 23 heavy (non-hydrogen) atoms. The van der Waals surface area contributed by atoms with Gasteiger partial charge in [0.05, 0.1) is 12.6 Å². The van der Waals surface area contributed by atoms with Crippen LogP contribution in [0.2, 0.25) is 0 Å². The van der Waals surface area contributed by atoms with Gasteiger partial charge in [-0.1, -0.05) is 31.1 Å². The summed E-state index contributed by atoms with van der Waals surface area (Å²) in [6.07, 6.45) is 0. The fraction of sp³-hybridized carbons (Fsp3) is 0.412. The van der Waals surface area contributed by atoms with Gasteiger partial charge in [-0.05, 0) is 26.0 Å². The molecule has 0 amide bonds. The maximum atomic E-state index is 5.96. The van der Waals surface area contributed by atoms with Crippen LogP contribution in [0, 0.1) is 0 Å². The maximum Gasteiger partial charge on any atom is 0.322 e. The van der Waals surface area contributed by atoms with Gasteiger partial charge >= 0.3 is 6.01 Å². The van der Waals surface area contributed by atoms with Crippen LogP contribution in [-0.2, 0) is 0 Å². The van der Waals surface area contributed by atoms with Crippen molar-refractivity contribution >= 4 is 17.0 Å². The summed E-state index contributed by atoms with van der Waals surface area (Å²) in [5.41, 5.74) is 0.756. The molecule has 6 nitrogen and oxygen atoms in total. The Morgan fingerprint density at radius 3 is 2.78 bits per heavy atom. The number of para-hydroxylation sites is 1. The van der Waals surface area contributed by atoms with E-state index in [0.717, 1.165) is 22.5 Å². The number of hydrogen-bond donors (Lipinski definition) is 1. The van der Waals surface area contributed by atoms with E-state index in [0.29, 0.717) is 18.4 Å². The molecular weight excluding hydrogens is 294 g/mol. The van der Waals surface area contributed by atoms with E-state index < -0.39 is 0 Å². The van der Waals surface area contributed by atoms with Crippen LogP contribution in [-0.4, -0.2) is 16.7 Å². The minimum absolute atomic E-state index is 0.0997. The fourth-order valence-corrected chi connectivity index (χ4v) is 2.32. The third-order valence-electron chi connectivity index (χ3n) is 3.55. The topological polar surface area (TPSA) is 73.3 Å². The number of nitrogens with zero attached hydrogens (tertiary/aromatic N) is 2. The molecule has 0 saturated heterocycles. The molecule has 1 atom stereocenters. The summed E-state index contributed by atoms with van der Waals surface area (Å²) in [4.78, 5) is 4.32. The van der Waals surface area contributed by atoms with E-state index in [9.17, 15) is 0 Å². The van der Waals surface area contributed by atoms with Crippen LogP contribution in [0.3, 0.4) is 0 Å². The lowest BCUT2D eigenvalue weighted by atomic mass is 10.2. The molecule has 0 fully saturated rings. The Balaban J connectivity index is 1.82. The third-order valence-corrected chi connectivity index (χ3v) is 3.55. The Morgan fingerprint density at radius 2 is 2.09 bits per heavy atom. The first kappa shape index (κ1) is 15.4. The number of fused-ring (bicyclic) bond motifs is 1. The van der Waals surface area contributed by atoms with E-state index >= 15 is 0 Å². The lowest BCUT2D eigenvalue weighted by molar-refractivity contribution is 0.337. The van der Waals surface area contributed by atoms with Gasteiger partial charge in [-0.15, -0.1) is 0 Å². The minimum atomic E-state index is -0.0997. The van der Waals surface area contributed by atoms with Crippen molar-refractivity contribution in [2.24, 2.45) is 0 Å². The summed E-state index contributed by atoms with van der Waals surface area (Å²) in [5.74, 6) is 2.45. The second-order valence-corrected chi connectivity index (χ2v) is 5.73. The van der Waals surface area contributed by atoms with Crippen molar-refractivity contribution in [3.05, 3.63) is 35.9 Å². The Hall–Kier alpha value is -2.50. The quantitative estimate of drug-likeness (QED) is 0.721. The summed E-state index contributed by atoms with van der Waals surface area (Å²) in [6, 6.07) is 8.15. The van der Waals surface area contributed by atoms with Gasteiger partial charge in [0.1, 0.15) is 5.76 Å². The summed E-state index contributed by atoms with van der Waals surface area (Å²) in [5, 5.41) is 8.12. The zero-order valence-electron chi connectivity index (χ0n) is 13.8. The normalized spacial score (nSPS) is 12.7. The van der Waals surface area contributed by atoms with Crippen molar-refractivity contribution in [3.63, 3.8) is 0 Å². The van der Waals surface area contributed by atoms with E-state index in [1.165, 1.54) is 0 Å².